The summed E-state index contributed by atoms with van der Waals surface area (Å²) in [6.45, 7) is -1.71. The number of likely N-dealkylation sites (tertiary alicyclic amines) is 1. The van der Waals surface area contributed by atoms with E-state index in [2.05, 4.69) is 10.6 Å². The van der Waals surface area contributed by atoms with Gasteiger partial charge in [-0.1, -0.05) is 30.3 Å². The van der Waals surface area contributed by atoms with Crippen LogP contribution in [0.1, 0.15) is 5.56 Å². The first-order chi connectivity index (χ1) is 24.7. The first-order valence-corrected chi connectivity index (χ1v) is 16.8. The molecule has 1 aromatic carbocycles. The van der Waals surface area contributed by atoms with Crippen LogP contribution in [-0.2, 0) is 40.0 Å². The van der Waals surface area contributed by atoms with Crippen molar-refractivity contribution >= 4 is 41.5 Å². The van der Waals surface area contributed by atoms with Crippen LogP contribution in [0.4, 0.5) is 0 Å². The largest absolute Gasteiger partial charge is 0.480 e. The minimum absolute atomic E-state index is 0.0230. The third kappa shape index (κ3) is 13.1. The molecule has 0 aromatic heterocycles. The molecule has 0 spiro atoms. The van der Waals surface area contributed by atoms with Crippen LogP contribution in [0, 0.1) is 0 Å². The van der Waals surface area contributed by atoms with Crippen molar-refractivity contribution in [3.63, 3.8) is 0 Å². The van der Waals surface area contributed by atoms with E-state index in [0.717, 1.165) is 4.90 Å². The number of amides is 4. The van der Waals surface area contributed by atoms with E-state index in [0.29, 0.717) is 5.56 Å². The number of aliphatic hydroxyl groups is 1. The average molecular weight is 736 g/mol. The van der Waals surface area contributed by atoms with Crippen molar-refractivity contribution < 1.29 is 54.0 Å². The Hall–Kier alpha value is -4.73. The highest BCUT2D eigenvalue weighted by molar-refractivity contribution is 5.94. The van der Waals surface area contributed by atoms with Crippen LogP contribution in [-0.4, -0.2) is 202 Å². The van der Waals surface area contributed by atoms with Crippen LogP contribution in [0.25, 0.3) is 0 Å². The molecule has 2 aliphatic heterocycles. The maximum Gasteiger partial charge on any atom is 0.317 e. The van der Waals surface area contributed by atoms with Gasteiger partial charge in [-0.15, -0.1) is 0 Å². The van der Waals surface area contributed by atoms with Crippen molar-refractivity contribution in [3.8, 4) is 0 Å². The summed E-state index contributed by atoms with van der Waals surface area (Å²) in [6.07, 6.45) is -1.34. The lowest BCUT2D eigenvalue weighted by molar-refractivity contribution is -0.142. The Labute approximate surface area is 300 Å². The number of aliphatic carboxylic acids is 3. The summed E-state index contributed by atoms with van der Waals surface area (Å²) in [7, 11) is 0. The second-order valence-corrected chi connectivity index (χ2v) is 12.7. The van der Waals surface area contributed by atoms with E-state index in [1.807, 2.05) is 0 Å². The minimum atomic E-state index is -1.44. The fourth-order valence-corrected chi connectivity index (χ4v) is 6.47. The van der Waals surface area contributed by atoms with E-state index >= 15 is 0 Å². The van der Waals surface area contributed by atoms with E-state index in [4.69, 9.17) is 11.5 Å². The predicted octanol–water partition coefficient (Wildman–Crippen LogP) is -5.31. The summed E-state index contributed by atoms with van der Waals surface area (Å²) in [5.41, 5.74) is 11.5. The Bertz CT molecular complexity index is 1390. The molecular weight excluding hydrogens is 686 g/mol. The zero-order chi connectivity index (χ0) is 38.4. The van der Waals surface area contributed by atoms with Gasteiger partial charge < -0.3 is 47.4 Å². The quantitative estimate of drug-likeness (QED) is 0.0835. The number of nitrogens with zero attached hydrogens (tertiary/aromatic N) is 5. The van der Waals surface area contributed by atoms with Crippen molar-refractivity contribution in [2.24, 2.45) is 11.5 Å². The van der Waals surface area contributed by atoms with Gasteiger partial charge in [0.15, 0.2) is 0 Å². The fraction of sp³-hybridized carbons (Fsp3) is 0.594. The minimum Gasteiger partial charge on any atom is -0.480 e. The number of aliphatic hydroxyl groups excluding tert-OH is 1. The summed E-state index contributed by atoms with van der Waals surface area (Å²) < 4.78 is 0. The van der Waals surface area contributed by atoms with Gasteiger partial charge in [0.2, 0.25) is 23.6 Å². The Morgan fingerprint density at radius 1 is 0.769 bits per heavy atom. The molecule has 2 fully saturated rings. The highest BCUT2D eigenvalue weighted by atomic mass is 16.4. The Balaban J connectivity index is 2.02. The first kappa shape index (κ1) is 41.7. The highest BCUT2D eigenvalue weighted by Gasteiger charge is 2.51. The smallest absolute Gasteiger partial charge is 0.317 e. The average Bonchev–Trinajstić information content (AvgIpc) is 3.42. The molecule has 4 amide bonds. The van der Waals surface area contributed by atoms with Gasteiger partial charge in [0.25, 0.3) is 0 Å². The maximum atomic E-state index is 14.3. The van der Waals surface area contributed by atoms with Crippen molar-refractivity contribution in [2.75, 3.05) is 91.6 Å². The molecular formula is C32H49N9O11. The normalized spacial score (nSPS) is 22.0. The first-order valence-electron chi connectivity index (χ1n) is 16.8. The highest BCUT2D eigenvalue weighted by Crippen LogP contribution is 2.26. The van der Waals surface area contributed by atoms with Gasteiger partial charge in [0.1, 0.15) is 12.1 Å². The number of β-amino-alcohol motifs (C(OH)–C–C–N with tert-alkyl or cyclic N) is 1. The van der Waals surface area contributed by atoms with Crippen molar-refractivity contribution in [1.82, 2.24) is 35.1 Å². The van der Waals surface area contributed by atoms with E-state index in [1.165, 1.54) is 0 Å². The third-order valence-corrected chi connectivity index (χ3v) is 8.90. The van der Waals surface area contributed by atoms with Crippen molar-refractivity contribution in [1.29, 1.82) is 0 Å². The number of carbonyl (C=O) groups excluding carboxylic acids is 4. The zero-order valence-corrected chi connectivity index (χ0v) is 28.8. The molecule has 2 saturated heterocycles. The summed E-state index contributed by atoms with van der Waals surface area (Å²) in [4.78, 5) is 94.9. The van der Waals surface area contributed by atoms with Crippen LogP contribution in [0.5, 0.6) is 0 Å². The van der Waals surface area contributed by atoms with Gasteiger partial charge >= 0.3 is 17.9 Å². The number of hydrogen-bond donors (Lipinski definition) is 8. The molecule has 0 aliphatic carbocycles. The number of nitrogens with two attached hydrogens (primary N) is 2. The molecule has 0 radical (unpaired) electrons. The van der Waals surface area contributed by atoms with Crippen LogP contribution >= 0.6 is 0 Å². The number of carbonyl (C=O) groups is 7. The second kappa shape index (κ2) is 20.3. The van der Waals surface area contributed by atoms with Crippen molar-refractivity contribution in [2.45, 2.75) is 30.7 Å². The summed E-state index contributed by atoms with van der Waals surface area (Å²) in [6, 6.07) is 5.00. The molecule has 20 nitrogen and oxygen atoms in total. The van der Waals surface area contributed by atoms with Crippen LogP contribution in [0.2, 0.25) is 0 Å². The number of hydrogen-bond acceptors (Lipinski definition) is 13. The monoisotopic (exact) mass is 735 g/mol. The molecule has 1 aromatic rings. The molecule has 1 unspecified atom stereocenters. The Kier molecular flexibility index (Phi) is 16.3. The number of nitrogens with one attached hydrogen (secondary N) is 2. The topological polar surface area (TPSA) is 293 Å². The molecule has 52 heavy (non-hydrogen) atoms. The number of benzene rings is 1. The molecule has 20 heteroatoms. The molecule has 4 atom stereocenters. The predicted molar refractivity (Wildman–Crippen MR) is 182 cm³/mol. The number of carboxylic acid groups (broad SMARTS) is 3. The second-order valence-electron chi connectivity index (χ2n) is 12.7. The van der Waals surface area contributed by atoms with Crippen LogP contribution in [0.3, 0.4) is 0 Å². The molecule has 0 saturated carbocycles. The van der Waals surface area contributed by atoms with E-state index < -0.39 is 91.9 Å². The van der Waals surface area contributed by atoms with Gasteiger partial charge in [-0.2, -0.15) is 0 Å². The molecule has 288 valence electrons. The van der Waals surface area contributed by atoms with E-state index in [-0.39, 0.29) is 71.9 Å². The summed E-state index contributed by atoms with van der Waals surface area (Å²) in [5.74, 6) is -6.41. The van der Waals surface area contributed by atoms with Gasteiger partial charge in [0, 0.05) is 65.3 Å². The summed E-state index contributed by atoms with van der Waals surface area (Å²) in [5, 5.41) is 45.3. The Morgan fingerprint density at radius 2 is 1.25 bits per heavy atom. The van der Waals surface area contributed by atoms with Gasteiger partial charge in [0.05, 0.1) is 44.9 Å². The number of primary amides is 1. The van der Waals surface area contributed by atoms with Crippen molar-refractivity contribution in [3.05, 3.63) is 35.9 Å². The van der Waals surface area contributed by atoms with Gasteiger partial charge in [-0.05, 0) is 5.56 Å². The SMILES string of the molecule is NCC(=O)N[C@@H](Cc1ccccc1)C(=O)N1C[C@H](O)C(N2CCN(CC(=O)O)CCN(CC(=O)O)CCN(CC(=O)O)CC2)[C@H]1C(=O)NCC(N)=O. The van der Waals surface area contributed by atoms with Gasteiger partial charge in [-0.3, -0.25) is 53.2 Å². The lowest BCUT2D eigenvalue weighted by atomic mass is 10.0. The molecule has 2 aliphatic rings. The van der Waals surface area contributed by atoms with E-state index in [1.54, 1.807) is 49.9 Å². The van der Waals surface area contributed by atoms with E-state index in [9.17, 15) is 54.0 Å². The standard InChI is InChI=1S/C32H49N9O11/c33-15-25(44)36-22(14-21-4-2-1-3-5-21)32(52)41-17-23(42)29(30(41)31(51)35-16-24(34)43)40-12-10-38(19-27(47)48)8-6-37(18-26(45)46)7-9-39(11-13-40)20-28(49)50/h1-5,22-23,29-30,42H,6-20,33H2,(H2,34,43)(H,35,51)(H,36,44)(H,45,46)(H,47,48)(H,49,50)/t22-,23-,29?,30-/m0/s1. The lowest BCUT2D eigenvalue weighted by Gasteiger charge is -2.39. The molecule has 0 bridgehead atoms. The summed E-state index contributed by atoms with van der Waals surface area (Å²) >= 11 is 0. The Morgan fingerprint density at radius 3 is 1.69 bits per heavy atom. The fourth-order valence-electron chi connectivity index (χ4n) is 6.47. The molecule has 3 rings (SSSR count). The lowest BCUT2D eigenvalue weighted by Crippen LogP contribution is -2.61. The number of rotatable bonds is 15. The third-order valence-electron chi connectivity index (χ3n) is 8.90. The van der Waals surface area contributed by atoms with Crippen LogP contribution in [0.15, 0.2) is 30.3 Å². The zero-order valence-electron chi connectivity index (χ0n) is 28.8. The molecule has 10 N–H and O–H groups in total. The van der Waals surface area contributed by atoms with Crippen LogP contribution < -0.4 is 22.1 Å². The maximum absolute atomic E-state index is 14.3. The number of carboxylic acids is 3. The van der Waals surface area contributed by atoms with Gasteiger partial charge in [-0.25, -0.2) is 0 Å². The molecule has 2 heterocycles.